The van der Waals surface area contributed by atoms with Crippen molar-refractivity contribution < 1.29 is 27.4 Å². The number of hydrogen-bond donors (Lipinski definition) is 0. The molecule has 2 atom stereocenters. The van der Waals surface area contributed by atoms with E-state index in [1.165, 1.54) is 0 Å². The molecule has 1 saturated heterocycles. The first kappa shape index (κ1) is 12.3. The van der Waals surface area contributed by atoms with Gasteiger partial charge in [-0.05, 0) is 0 Å². The van der Waals surface area contributed by atoms with Gasteiger partial charge in [-0.25, -0.2) is 0 Å². The minimum Gasteiger partial charge on any atom is -0.435 e. The van der Waals surface area contributed by atoms with E-state index < -0.39 is 36.4 Å². The normalized spacial score (nSPS) is 28.8. The van der Waals surface area contributed by atoms with Crippen molar-refractivity contribution in [3.8, 4) is 0 Å². The van der Waals surface area contributed by atoms with Crippen LogP contribution in [0.3, 0.4) is 0 Å². The van der Waals surface area contributed by atoms with Crippen molar-refractivity contribution in [2.45, 2.75) is 33.2 Å². The Morgan fingerprint density at radius 2 is 1.80 bits per heavy atom. The van der Waals surface area contributed by atoms with Crippen molar-refractivity contribution >= 4 is 5.97 Å². The third-order valence-electron chi connectivity index (χ3n) is 2.02. The second-order valence-electron chi connectivity index (χ2n) is 4.56. The van der Waals surface area contributed by atoms with Gasteiger partial charge in [-0.1, -0.05) is 20.8 Å². The smallest absolute Gasteiger partial charge is 0.404 e. The summed E-state index contributed by atoms with van der Waals surface area (Å²) in [4.78, 5) is 11.1. The molecule has 0 aromatic rings. The van der Waals surface area contributed by atoms with Crippen molar-refractivity contribution in [3.05, 3.63) is 0 Å². The fourth-order valence-electron chi connectivity index (χ4n) is 1.13. The van der Waals surface area contributed by atoms with Gasteiger partial charge in [0, 0.05) is 5.41 Å². The summed E-state index contributed by atoms with van der Waals surface area (Å²) in [5.41, 5.74) is -0.522. The Morgan fingerprint density at radius 3 is 2.13 bits per heavy atom. The van der Waals surface area contributed by atoms with Crippen molar-refractivity contribution in [1.29, 1.82) is 0 Å². The molecule has 3 nitrogen and oxygen atoms in total. The zero-order valence-electron chi connectivity index (χ0n) is 8.72. The van der Waals surface area contributed by atoms with Crippen LogP contribution in [-0.4, -0.2) is 25.0 Å². The second-order valence-corrected chi connectivity index (χ2v) is 4.56. The molecule has 0 N–H and O–H groups in total. The van der Waals surface area contributed by atoms with Crippen LogP contribution in [0.15, 0.2) is 0 Å². The summed E-state index contributed by atoms with van der Waals surface area (Å²) < 4.78 is 46.2. The molecule has 0 unspecified atom stereocenters. The molecule has 0 bridgehead atoms. The number of alkyl halides is 3. The number of ether oxygens (including phenoxy) is 2. The lowest BCUT2D eigenvalue weighted by Gasteiger charge is -2.36. The average Bonchev–Trinajstić information content (AvgIpc) is 1.99. The first-order valence-corrected chi connectivity index (χ1v) is 4.51. The van der Waals surface area contributed by atoms with Crippen molar-refractivity contribution in [2.24, 2.45) is 11.3 Å². The fraction of sp³-hybridized carbons (Fsp3) is 0.889. The van der Waals surface area contributed by atoms with Gasteiger partial charge in [0.2, 0.25) is 6.29 Å². The maximum Gasteiger partial charge on any atom is 0.404 e. The van der Waals surface area contributed by atoms with Crippen LogP contribution in [0.25, 0.3) is 0 Å². The monoisotopic (exact) mass is 226 g/mol. The minimum absolute atomic E-state index is 0.522. The largest absolute Gasteiger partial charge is 0.435 e. The molecule has 1 rings (SSSR count). The third-order valence-corrected chi connectivity index (χ3v) is 2.02. The number of esters is 1. The summed E-state index contributed by atoms with van der Waals surface area (Å²) in [5, 5.41) is 0. The average molecular weight is 226 g/mol. The van der Waals surface area contributed by atoms with Crippen LogP contribution in [0.4, 0.5) is 13.2 Å². The maximum absolute atomic E-state index is 12.2. The van der Waals surface area contributed by atoms with Gasteiger partial charge >= 0.3 is 12.1 Å². The summed E-state index contributed by atoms with van der Waals surface area (Å²) in [5.74, 6) is -3.41. The standard InChI is InChI=1S/C9H13F3O3/c1-8(2,3)7-14-4-5(6(13)15-7)9(10,11)12/h5,7H,4H2,1-3H3/t5-,7+/m0/s1. The molecule has 0 aliphatic carbocycles. The Kier molecular flexibility index (Phi) is 3.00. The molecule has 15 heavy (non-hydrogen) atoms. The molecule has 1 aliphatic rings. The van der Waals surface area contributed by atoms with Crippen LogP contribution < -0.4 is 0 Å². The highest BCUT2D eigenvalue weighted by atomic mass is 19.4. The Bertz CT molecular complexity index is 254. The molecule has 1 heterocycles. The number of rotatable bonds is 0. The Balaban J connectivity index is 2.68. The summed E-state index contributed by atoms with van der Waals surface area (Å²) in [6, 6.07) is 0. The van der Waals surface area contributed by atoms with Gasteiger partial charge in [0.15, 0.2) is 5.92 Å². The van der Waals surface area contributed by atoms with Crippen LogP contribution >= 0.6 is 0 Å². The molecule has 0 saturated carbocycles. The van der Waals surface area contributed by atoms with Gasteiger partial charge in [-0.15, -0.1) is 0 Å². The molecule has 0 spiro atoms. The van der Waals surface area contributed by atoms with E-state index in [1.54, 1.807) is 20.8 Å². The van der Waals surface area contributed by atoms with E-state index >= 15 is 0 Å². The van der Waals surface area contributed by atoms with E-state index in [-0.39, 0.29) is 0 Å². The Labute approximate surface area is 85.5 Å². The maximum atomic E-state index is 12.2. The number of carbonyl (C=O) groups is 1. The van der Waals surface area contributed by atoms with Crippen LogP contribution in [0.1, 0.15) is 20.8 Å². The lowest BCUT2D eigenvalue weighted by molar-refractivity contribution is -0.273. The lowest BCUT2D eigenvalue weighted by atomic mass is 9.95. The van der Waals surface area contributed by atoms with Crippen molar-refractivity contribution in [3.63, 3.8) is 0 Å². The molecule has 0 aromatic carbocycles. The van der Waals surface area contributed by atoms with E-state index in [2.05, 4.69) is 4.74 Å². The minimum atomic E-state index is -4.60. The Morgan fingerprint density at radius 1 is 1.27 bits per heavy atom. The molecule has 0 radical (unpaired) electrons. The number of halogens is 3. The van der Waals surface area contributed by atoms with E-state index in [9.17, 15) is 18.0 Å². The molecule has 6 heteroatoms. The predicted octanol–water partition coefficient (Wildman–Crippen LogP) is 2.11. The van der Waals surface area contributed by atoms with Crippen LogP contribution in [0.5, 0.6) is 0 Å². The van der Waals surface area contributed by atoms with Crippen LogP contribution in [0, 0.1) is 11.3 Å². The van der Waals surface area contributed by atoms with Crippen molar-refractivity contribution in [1.82, 2.24) is 0 Å². The van der Waals surface area contributed by atoms with Gasteiger partial charge in [-0.3, -0.25) is 4.79 Å². The van der Waals surface area contributed by atoms with Crippen molar-refractivity contribution in [2.75, 3.05) is 6.61 Å². The second kappa shape index (κ2) is 3.66. The Hall–Kier alpha value is -0.780. The first-order valence-electron chi connectivity index (χ1n) is 4.51. The first-order chi connectivity index (χ1) is 6.62. The van der Waals surface area contributed by atoms with E-state index in [4.69, 9.17) is 4.74 Å². The molecule has 1 aliphatic heterocycles. The van der Waals surface area contributed by atoms with Gasteiger partial charge in [-0.2, -0.15) is 13.2 Å². The van der Waals surface area contributed by atoms with Gasteiger partial charge in [0.25, 0.3) is 0 Å². The number of carbonyl (C=O) groups excluding carboxylic acids is 1. The zero-order chi connectivity index (χ0) is 11.9. The van der Waals surface area contributed by atoms with E-state index in [0.29, 0.717) is 0 Å². The summed E-state index contributed by atoms with van der Waals surface area (Å²) in [7, 11) is 0. The van der Waals surface area contributed by atoms with Gasteiger partial charge < -0.3 is 9.47 Å². The summed E-state index contributed by atoms with van der Waals surface area (Å²) >= 11 is 0. The molecule has 1 fully saturated rings. The quantitative estimate of drug-likeness (QED) is 0.593. The molecular weight excluding hydrogens is 213 g/mol. The molecule has 0 amide bonds. The summed E-state index contributed by atoms with van der Waals surface area (Å²) in [6.07, 6.45) is -5.51. The molecule has 88 valence electrons. The molecular formula is C9H13F3O3. The zero-order valence-corrected chi connectivity index (χ0v) is 8.72. The fourth-order valence-corrected chi connectivity index (χ4v) is 1.13. The van der Waals surface area contributed by atoms with Gasteiger partial charge in [0.1, 0.15) is 0 Å². The SMILES string of the molecule is CC(C)(C)[C@@H]1OC[C@H](C(F)(F)F)C(=O)O1. The van der Waals surface area contributed by atoms with E-state index in [0.717, 1.165) is 0 Å². The molecule has 0 aromatic heterocycles. The topological polar surface area (TPSA) is 35.5 Å². The van der Waals surface area contributed by atoms with E-state index in [1.807, 2.05) is 0 Å². The highest BCUT2D eigenvalue weighted by Gasteiger charge is 2.51. The summed E-state index contributed by atoms with van der Waals surface area (Å²) in [6.45, 7) is 4.50. The lowest BCUT2D eigenvalue weighted by Crippen LogP contribution is -2.47. The predicted molar refractivity (Wildman–Crippen MR) is 44.8 cm³/mol. The van der Waals surface area contributed by atoms with Crippen LogP contribution in [-0.2, 0) is 14.3 Å². The highest BCUT2D eigenvalue weighted by molar-refractivity contribution is 5.74. The number of cyclic esters (lactones) is 1. The van der Waals surface area contributed by atoms with Gasteiger partial charge in [0.05, 0.1) is 6.61 Å². The highest BCUT2D eigenvalue weighted by Crippen LogP contribution is 2.34. The third kappa shape index (κ3) is 2.84. The van der Waals surface area contributed by atoms with Crippen LogP contribution in [0.2, 0.25) is 0 Å². The number of hydrogen-bond acceptors (Lipinski definition) is 3.